The van der Waals surface area contributed by atoms with Gasteiger partial charge in [-0.05, 0) is 84.0 Å². The number of carbonyl (C=O) groups is 2. The number of benzene rings is 3. The molecule has 0 saturated carbocycles. The lowest BCUT2D eigenvalue weighted by molar-refractivity contribution is -0.138. The van der Waals surface area contributed by atoms with Gasteiger partial charge in [0.25, 0.3) is 0 Å². The molecule has 3 aliphatic heterocycles. The van der Waals surface area contributed by atoms with Crippen LogP contribution in [0.5, 0.6) is 0 Å². The second-order valence-electron chi connectivity index (χ2n) is 12.0. The molecule has 1 fully saturated rings. The quantitative estimate of drug-likeness (QED) is 0.394. The second-order valence-corrected chi connectivity index (χ2v) is 15.2. The molecule has 232 valence electrons. The van der Waals surface area contributed by atoms with Crippen molar-refractivity contribution < 1.29 is 18.0 Å². The van der Waals surface area contributed by atoms with Crippen LogP contribution in [0.4, 0.5) is 5.69 Å². The summed E-state index contributed by atoms with van der Waals surface area (Å²) in [5.74, 6) is -0.425. The molecule has 3 aromatic rings. The van der Waals surface area contributed by atoms with Gasteiger partial charge in [-0.3, -0.25) is 13.9 Å². The van der Waals surface area contributed by atoms with E-state index in [2.05, 4.69) is 10.6 Å². The van der Waals surface area contributed by atoms with E-state index >= 15 is 0 Å². The molecule has 2 atom stereocenters. The first-order valence-corrected chi connectivity index (χ1v) is 17.5. The van der Waals surface area contributed by atoms with Gasteiger partial charge in [-0.15, -0.1) is 0 Å². The molecular formula is C32H33Cl3N4O4S. The van der Waals surface area contributed by atoms with Crippen LogP contribution in [-0.2, 0) is 44.4 Å². The van der Waals surface area contributed by atoms with Gasteiger partial charge in [0.2, 0.25) is 21.8 Å². The van der Waals surface area contributed by atoms with Gasteiger partial charge in [-0.25, -0.2) is 8.42 Å². The van der Waals surface area contributed by atoms with Crippen LogP contribution in [0.1, 0.15) is 35.1 Å². The number of anilines is 1. The molecule has 12 heteroatoms. The lowest BCUT2D eigenvalue weighted by atomic mass is 9.74. The summed E-state index contributed by atoms with van der Waals surface area (Å²) in [6, 6.07) is 16.9. The number of hydrogen-bond acceptors (Lipinski definition) is 5. The SMILES string of the molecule is CS(=O)(=O)N1CC2(CCN(C(=O)[C@@H](Cc3ccc(Cl)cc3)NC(=O)C3Cc4cc(Cl)ccc4CN3)CC2)c2cc(Cl)ccc21. The fraction of sp³-hybridized carbons (Fsp3) is 0.375. The maximum atomic E-state index is 14.1. The number of rotatable bonds is 6. The van der Waals surface area contributed by atoms with Crippen molar-refractivity contribution in [2.24, 2.45) is 0 Å². The summed E-state index contributed by atoms with van der Waals surface area (Å²) in [5.41, 5.74) is 4.08. The first kappa shape index (κ1) is 31.2. The topological polar surface area (TPSA) is 98.8 Å². The number of sulfonamides is 1. The van der Waals surface area contributed by atoms with E-state index in [1.807, 2.05) is 36.4 Å². The van der Waals surface area contributed by atoms with Crippen LogP contribution in [0.3, 0.4) is 0 Å². The molecule has 1 spiro atoms. The highest BCUT2D eigenvalue weighted by Crippen LogP contribution is 2.48. The third kappa shape index (κ3) is 6.30. The van der Waals surface area contributed by atoms with E-state index < -0.39 is 27.5 Å². The lowest BCUT2D eigenvalue weighted by Crippen LogP contribution is -2.57. The van der Waals surface area contributed by atoms with E-state index in [0.717, 1.165) is 22.3 Å². The van der Waals surface area contributed by atoms with E-state index in [0.29, 0.717) is 72.6 Å². The fourth-order valence-electron chi connectivity index (χ4n) is 6.69. The summed E-state index contributed by atoms with van der Waals surface area (Å²) < 4.78 is 26.7. The maximum absolute atomic E-state index is 14.1. The number of nitrogens with zero attached hydrogens (tertiary/aromatic N) is 2. The molecule has 0 aliphatic carbocycles. The van der Waals surface area contributed by atoms with Crippen LogP contribution in [0.25, 0.3) is 0 Å². The minimum Gasteiger partial charge on any atom is -0.343 e. The number of piperidine rings is 1. The third-order valence-corrected chi connectivity index (χ3v) is 10.9. The van der Waals surface area contributed by atoms with Crippen LogP contribution in [0.2, 0.25) is 15.1 Å². The van der Waals surface area contributed by atoms with Crippen molar-refractivity contribution in [3.8, 4) is 0 Å². The van der Waals surface area contributed by atoms with Crippen molar-refractivity contribution in [1.29, 1.82) is 0 Å². The van der Waals surface area contributed by atoms with Gasteiger partial charge in [0, 0.05) is 53.1 Å². The maximum Gasteiger partial charge on any atom is 0.245 e. The molecule has 3 aliphatic rings. The molecular weight excluding hydrogens is 643 g/mol. The molecule has 44 heavy (non-hydrogen) atoms. The Balaban J connectivity index is 1.20. The van der Waals surface area contributed by atoms with Gasteiger partial charge >= 0.3 is 0 Å². The van der Waals surface area contributed by atoms with E-state index in [4.69, 9.17) is 34.8 Å². The van der Waals surface area contributed by atoms with E-state index in [9.17, 15) is 18.0 Å². The van der Waals surface area contributed by atoms with Crippen molar-refractivity contribution in [3.05, 3.63) is 98.0 Å². The highest BCUT2D eigenvalue weighted by molar-refractivity contribution is 7.92. The number of hydrogen-bond donors (Lipinski definition) is 2. The molecule has 0 aromatic heterocycles. The summed E-state index contributed by atoms with van der Waals surface area (Å²) in [5, 5.41) is 8.09. The van der Waals surface area contributed by atoms with Crippen LogP contribution >= 0.6 is 34.8 Å². The normalized spacial score (nSPS) is 19.8. The molecule has 8 nitrogen and oxygen atoms in total. The van der Waals surface area contributed by atoms with Gasteiger partial charge in [0.1, 0.15) is 6.04 Å². The first-order chi connectivity index (χ1) is 20.9. The summed E-state index contributed by atoms with van der Waals surface area (Å²) in [6.45, 7) is 1.68. The Hall–Kier alpha value is -2.82. The summed E-state index contributed by atoms with van der Waals surface area (Å²) in [7, 11) is -3.49. The minimum absolute atomic E-state index is 0.174. The second kappa shape index (κ2) is 12.2. The third-order valence-electron chi connectivity index (χ3n) is 9.09. The zero-order chi connectivity index (χ0) is 31.2. The largest absolute Gasteiger partial charge is 0.343 e. The number of carbonyl (C=O) groups excluding carboxylic acids is 2. The number of amides is 2. The summed E-state index contributed by atoms with van der Waals surface area (Å²) in [4.78, 5) is 29.4. The highest BCUT2D eigenvalue weighted by atomic mass is 35.5. The van der Waals surface area contributed by atoms with Gasteiger partial charge in [0.05, 0.1) is 18.0 Å². The Kier molecular flexibility index (Phi) is 8.63. The Morgan fingerprint density at radius 2 is 1.61 bits per heavy atom. The average molecular weight is 676 g/mol. The van der Waals surface area contributed by atoms with Crippen LogP contribution in [-0.4, -0.2) is 63.1 Å². The molecule has 0 radical (unpaired) electrons. The van der Waals surface area contributed by atoms with Crippen molar-refractivity contribution in [3.63, 3.8) is 0 Å². The number of nitrogens with one attached hydrogen (secondary N) is 2. The summed E-state index contributed by atoms with van der Waals surface area (Å²) >= 11 is 18.7. The molecule has 2 N–H and O–H groups in total. The van der Waals surface area contributed by atoms with Gasteiger partial charge < -0.3 is 15.5 Å². The molecule has 1 saturated heterocycles. The molecule has 3 aromatic carbocycles. The molecule has 2 amide bonds. The van der Waals surface area contributed by atoms with Gasteiger partial charge in [-0.2, -0.15) is 0 Å². The van der Waals surface area contributed by atoms with Gasteiger partial charge in [0.15, 0.2) is 0 Å². The van der Waals surface area contributed by atoms with Gasteiger partial charge in [-0.1, -0.05) is 53.0 Å². The average Bonchev–Trinajstić information content (AvgIpc) is 3.30. The zero-order valence-electron chi connectivity index (χ0n) is 24.2. The molecule has 0 bridgehead atoms. The number of likely N-dealkylation sites (tertiary alicyclic amines) is 1. The van der Waals surface area contributed by atoms with Crippen molar-refractivity contribution in [1.82, 2.24) is 15.5 Å². The summed E-state index contributed by atoms with van der Waals surface area (Å²) in [6.07, 6.45) is 3.12. The Morgan fingerprint density at radius 3 is 2.32 bits per heavy atom. The fourth-order valence-corrected chi connectivity index (χ4v) is 8.18. The smallest absolute Gasteiger partial charge is 0.245 e. The lowest BCUT2D eigenvalue weighted by Gasteiger charge is -2.41. The zero-order valence-corrected chi connectivity index (χ0v) is 27.2. The minimum atomic E-state index is -3.49. The Morgan fingerprint density at radius 1 is 0.955 bits per heavy atom. The van der Waals surface area contributed by atoms with Crippen LogP contribution in [0, 0.1) is 0 Å². The molecule has 3 heterocycles. The monoisotopic (exact) mass is 674 g/mol. The first-order valence-electron chi connectivity index (χ1n) is 14.5. The highest BCUT2D eigenvalue weighted by Gasteiger charge is 2.48. The van der Waals surface area contributed by atoms with Crippen LogP contribution in [0.15, 0.2) is 60.7 Å². The number of halogens is 3. The predicted octanol–water partition coefficient (Wildman–Crippen LogP) is 4.73. The van der Waals surface area contributed by atoms with E-state index in [1.54, 1.807) is 29.2 Å². The van der Waals surface area contributed by atoms with Crippen molar-refractivity contribution in [2.75, 3.05) is 30.2 Å². The Labute approximate surface area is 272 Å². The van der Waals surface area contributed by atoms with Crippen molar-refractivity contribution >= 4 is 62.3 Å². The van der Waals surface area contributed by atoms with Crippen LogP contribution < -0.4 is 14.9 Å². The molecule has 6 rings (SSSR count). The molecule has 1 unspecified atom stereocenters. The standard InChI is InChI=1S/C32H33Cl3N4O4S/c1-44(42,43)39-19-32(26-17-25(35)8-9-29(26)39)10-12-38(13-11-32)31(41)28(14-20-2-5-23(33)6-3-20)37-30(40)27-16-22-15-24(34)7-4-21(22)18-36-27/h2-9,15,17,27-28,36H,10-14,16,18-19H2,1H3,(H,37,40)/t27?,28-/m1/s1. The van der Waals surface area contributed by atoms with E-state index in [1.165, 1.54) is 10.6 Å². The Bertz CT molecular complexity index is 1710. The van der Waals surface area contributed by atoms with Crippen molar-refractivity contribution in [2.45, 2.75) is 49.7 Å². The van der Waals surface area contributed by atoms with E-state index in [-0.39, 0.29) is 11.8 Å². The number of fused-ring (bicyclic) bond motifs is 3. The predicted molar refractivity (Wildman–Crippen MR) is 174 cm³/mol.